The SMILES string of the molecule is CCCCCCc1n(CCC(=O)[O-])cc[n+]1CCC. The summed E-state index contributed by atoms with van der Waals surface area (Å²) in [6.07, 6.45) is 11.2. The lowest BCUT2D eigenvalue weighted by Crippen LogP contribution is -2.37. The van der Waals surface area contributed by atoms with E-state index in [9.17, 15) is 9.90 Å². The fourth-order valence-electron chi connectivity index (χ4n) is 2.35. The molecule has 0 aliphatic rings. The molecule has 0 spiro atoms. The Morgan fingerprint density at radius 1 is 1.26 bits per heavy atom. The second-order valence-electron chi connectivity index (χ2n) is 5.03. The van der Waals surface area contributed by atoms with Crippen molar-refractivity contribution in [3.8, 4) is 0 Å². The van der Waals surface area contributed by atoms with Crippen molar-refractivity contribution in [2.24, 2.45) is 0 Å². The molecule has 19 heavy (non-hydrogen) atoms. The molecule has 0 aliphatic carbocycles. The smallest absolute Gasteiger partial charge is 0.256 e. The summed E-state index contributed by atoms with van der Waals surface area (Å²) < 4.78 is 4.32. The molecule has 0 unspecified atom stereocenters. The minimum atomic E-state index is -0.979. The van der Waals surface area contributed by atoms with Gasteiger partial charge >= 0.3 is 0 Å². The summed E-state index contributed by atoms with van der Waals surface area (Å²) in [5.74, 6) is 0.270. The molecular weight excluding hydrogens is 240 g/mol. The standard InChI is InChI=1S/C15H26N2O2/c1-3-5-6-7-8-14-16(10-4-2)12-13-17(14)11-9-15(18)19/h12-13H,3-11H2,1-2H3. The quantitative estimate of drug-likeness (QED) is 0.475. The van der Waals surface area contributed by atoms with E-state index in [2.05, 4.69) is 29.2 Å². The summed E-state index contributed by atoms with van der Waals surface area (Å²) >= 11 is 0. The van der Waals surface area contributed by atoms with Gasteiger partial charge in [-0.1, -0.05) is 33.1 Å². The lowest BCUT2D eigenvalue weighted by molar-refractivity contribution is -0.703. The monoisotopic (exact) mass is 266 g/mol. The normalized spacial score (nSPS) is 10.8. The van der Waals surface area contributed by atoms with Crippen molar-refractivity contribution in [1.29, 1.82) is 0 Å². The van der Waals surface area contributed by atoms with Crippen molar-refractivity contribution in [3.05, 3.63) is 18.2 Å². The van der Waals surface area contributed by atoms with E-state index in [1.807, 2.05) is 6.20 Å². The highest BCUT2D eigenvalue weighted by molar-refractivity contribution is 5.64. The first-order valence-electron chi connectivity index (χ1n) is 7.46. The Labute approximate surface area is 116 Å². The second-order valence-corrected chi connectivity index (χ2v) is 5.03. The Balaban J connectivity index is 2.64. The van der Waals surface area contributed by atoms with Crippen LogP contribution < -0.4 is 9.67 Å². The van der Waals surface area contributed by atoms with E-state index in [1.165, 1.54) is 31.5 Å². The number of carbonyl (C=O) groups is 1. The first-order valence-corrected chi connectivity index (χ1v) is 7.46. The molecule has 0 bridgehead atoms. The zero-order valence-corrected chi connectivity index (χ0v) is 12.2. The van der Waals surface area contributed by atoms with Crippen molar-refractivity contribution >= 4 is 5.97 Å². The number of unbranched alkanes of at least 4 members (excludes halogenated alkanes) is 3. The number of nitrogens with zero attached hydrogens (tertiary/aromatic N) is 2. The van der Waals surface area contributed by atoms with E-state index in [4.69, 9.17) is 0 Å². The molecule has 0 radical (unpaired) electrons. The number of aliphatic carboxylic acids is 1. The Morgan fingerprint density at radius 3 is 2.68 bits per heavy atom. The molecule has 108 valence electrons. The molecule has 4 heteroatoms. The van der Waals surface area contributed by atoms with Crippen LogP contribution in [0.2, 0.25) is 0 Å². The maximum atomic E-state index is 10.6. The van der Waals surface area contributed by atoms with Gasteiger partial charge < -0.3 is 9.90 Å². The van der Waals surface area contributed by atoms with Crippen LogP contribution in [0.25, 0.3) is 0 Å². The van der Waals surface area contributed by atoms with Gasteiger partial charge in [-0.3, -0.25) is 0 Å². The number of aryl methyl sites for hydroxylation is 2. The van der Waals surface area contributed by atoms with Gasteiger partial charge in [0.05, 0.1) is 13.1 Å². The summed E-state index contributed by atoms with van der Waals surface area (Å²) in [5.41, 5.74) is 0. The summed E-state index contributed by atoms with van der Waals surface area (Å²) in [7, 11) is 0. The van der Waals surface area contributed by atoms with E-state index in [-0.39, 0.29) is 6.42 Å². The number of carboxylic acid groups (broad SMARTS) is 1. The maximum absolute atomic E-state index is 10.6. The molecule has 1 aromatic heterocycles. The molecule has 0 aliphatic heterocycles. The minimum absolute atomic E-state index is 0.0861. The predicted octanol–water partition coefficient (Wildman–Crippen LogP) is 1.45. The third-order valence-corrected chi connectivity index (χ3v) is 3.36. The Kier molecular flexibility index (Phi) is 7.23. The van der Waals surface area contributed by atoms with Crippen LogP contribution in [0.4, 0.5) is 0 Å². The molecular formula is C15H26N2O2. The number of hydrogen-bond donors (Lipinski definition) is 0. The first-order chi connectivity index (χ1) is 9.19. The zero-order chi connectivity index (χ0) is 14.1. The molecule has 1 aromatic rings. The number of carbonyl (C=O) groups excluding carboxylic acids is 1. The molecule has 1 rings (SSSR count). The molecule has 4 nitrogen and oxygen atoms in total. The van der Waals surface area contributed by atoms with Gasteiger partial charge in [-0.15, -0.1) is 0 Å². The molecule has 1 heterocycles. The van der Waals surface area contributed by atoms with Gasteiger partial charge in [0.25, 0.3) is 5.82 Å². The van der Waals surface area contributed by atoms with Crippen LogP contribution in [-0.2, 0) is 24.3 Å². The van der Waals surface area contributed by atoms with Crippen LogP contribution in [0.5, 0.6) is 0 Å². The number of carboxylic acids is 1. The minimum Gasteiger partial charge on any atom is -0.550 e. The molecule has 0 aromatic carbocycles. The summed E-state index contributed by atoms with van der Waals surface area (Å²) in [5, 5.41) is 10.6. The van der Waals surface area contributed by atoms with Gasteiger partial charge in [-0.2, -0.15) is 0 Å². The van der Waals surface area contributed by atoms with Crippen molar-refractivity contribution < 1.29 is 14.5 Å². The summed E-state index contributed by atoms with van der Waals surface area (Å²) in [6.45, 7) is 5.88. The lowest BCUT2D eigenvalue weighted by Gasteiger charge is -2.05. The van der Waals surface area contributed by atoms with Crippen LogP contribution >= 0.6 is 0 Å². The molecule has 0 amide bonds. The van der Waals surface area contributed by atoms with Gasteiger partial charge in [-0.05, 0) is 12.8 Å². The second kappa shape index (κ2) is 8.73. The van der Waals surface area contributed by atoms with Crippen LogP contribution in [0.15, 0.2) is 12.4 Å². The van der Waals surface area contributed by atoms with Crippen LogP contribution in [0, 0.1) is 0 Å². The highest BCUT2D eigenvalue weighted by Gasteiger charge is 2.15. The van der Waals surface area contributed by atoms with E-state index in [1.54, 1.807) is 0 Å². The third kappa shape index (κ3) is 5.45. The lowest BCUT2D eigenvalue weighted by atomic mass is 10.1. The molecule has 0 N–H and O–H groups in total. The average molecular weight is 266 g/mol. The fourth-order valence-corrected chi connectivity index (χ4v) is 2.35. The zero-order valence-electron chi connectivity index (χ0n) is 12.2. The van der Waals surface area contributed by atoms with Gasteiger partial charge in [-0.25, -0.2) is 9.13 Å². The highest BCUT2D eigenvalue weighted by atomic mass is 16.4. The topological polar surface area (TPSA) is 48.9 Å². The average Bonchev–Trinajstić information content (AvgIpc) is 2.75. The largest absolute Gasteiger partial charge is 0.550 e. The first kappa shape index (κ1) is 15.7. The van der Waals surface area contributed by atoms with Gasteiger partial charge in [0.15, 0.2) is 0 Å². The Morgan fingerprint density at radius 2 is 2.05 bits per heavy atom. The third-order valence-electron chi connectivity index (χ3n) is 3.36. The molecule has 0 fully saturated rings. The Bertz CT molecular complexity index is 385. The van der Waals surface area contributed by atoms with E-state index in [0.29, 0.717) is 6.54 Å². The number of rotatable bonds is 10. The Hall–Kier alpha value is -1.32. The van der Waals surface area contributed by atoms with Crippen LogP contribution in [0.3, 0.4) is 0 Å². The molecule has 0 saturated heterocycles. The molecule has 0 saturated carbocycles. The van der Waals surface area contributed by atoms with Crippen molar-refractivity contribution in [3.63, 3.8) is 0 Å². The summed E-state index contributed by atoms with van der Waals surface area (Å²) in [6, 6.07) is 0. The predicted molar refractivity (Wildman–Crippen MR) is 72.4 cm³/mol. The highest BCUT2D eigenvalue weighted by Crippen LogP contribution is 2.07. The van der Waals surface area contributed by atoms with E-state index < -0.39 is 5.97 Å². The number of aromatic nitrogens is 2. The fraction of sp³-hybridized carbons (Fsp3) is 0.733. The van der Waals surface area contributed by atoms with Crippen LogP contribution in [-0.4, -0.2) is 10.5 Å². The van der Waals surface area contributed by atoms with E-state index in [0.717, 1.165) is 19.4 Å². The number of hydrogen-bond acceptors (Lipinski definition) is 2. The van der Waals surface area contributed by atoms with Gasteiger partial charge in [0, 0.05) is 18.8 Å². The van der Waals surface area contributed by atoms with Crippen molar-refractivity contribution in [2.45, 2.75) is 71.9 Å². The molecule has 0 atom stereocenters. The van der Waals surface area contributed by atoms with Crippen molar-refractivity contribution in [2.75, 3.05) is 0 Å². The van der Waals surface area contributed by atoms with E-state index >= 15 is 0 Å². The van der Waals surface area contributed by atoms with Gasteiger partial charge in [0.2, 0.25) is 0 Å². The van der Waals surface area contributed by atoms with Crippen LogP contribution in [0.1, 0.15) is 58.2 Å². The van der Waals surface area contributed by atoms with Gasteiger partial charge in [0.1, 0.15) is 12.4 Å². The maximum Gasteiger partial charge on any atom is 0.256 e. The summed E-state index contributed by atoms with van der Waals surface area (Å²) in [4.78, 5) is 10.6. The number of imidazole rings is 1. The van der Waals surface area contributed by atoms with Crippen molar-refractivity contribution in [1.82, 2.24) is 4.57 Å².